The number of anilines is 3. The molecular formula is C19H22N4O3. The topological polar surface area (TPSA) is 83.6 Å². The number of amides is 2. The number of nitrogens with zero attached hydrogens (tertiary/aromatic N) is 2. The molecule has 0 unspecified atom stereocenters. The molecule has 2 amide bonds. The molecule has 0 atom stereocenters. The minimum absolute atomic E-state index is 0.270. The van der Waals surface area contributed by atoms with Crippen molar-refractivity contribution < 1.29 is 14.3 Å². The molecule has 1 aliphatic rings. The maximum atomic E-state index is 12.4. The second-order valence-corrected chi connectivity index (χ2v) is 5.98. The fraction of sp³-hybridized carbons (Fsp3) is 0.316. The van der Waals surface area contributed by atoms with Crippen molar-refractivity contribution >= 4 is 29.2 Å². The van der Waals surface area contributed by atoms with E-state index in [4.69, 9.17) is 4.74 Å². The van der Waals surface area contributed by atoms with E-state index in [0.717, 1.165) is 18.9 Å². The van der Waals surface area contributed by atoms with Gasteiger partial charge in [0.2, 0.25) is 0 Å². The molecule has 0 bridgehead atoms. The van der Waals surface area contributed by atoms with Crippen molar-refractivity contribution in [1.82, 2.24) is 4.98 Å². The molecule has 0 saturated carbocycles. The van der Waals surface area contributed by atoms with Crippen molar-refractivity contribution in [3.8, 4) is 0 Å². The van der Waals surface area contributed by atoms with E-state index in [1.807, 2.05) is 12.1 Å². The monoisotopic (exact) mass is 354 g/mol. The zero-order chi connectivity index (χ0) is 18.4. The van der Waals surface area contributed by atoms with Crippen molar-refractivity contribution in [3.63, 3.8) is 0 Å². The van der Waals surface area contributed by atoms with E-state index >= 15 is 0 Å². The van der Waals surface area contributed by atoms with Gasteiger partial charge < -0.3 is 15.0 Å². The molecule has 2 N–H and O–H groups in total. The zero-order valence-corrected chi connectivity index (χ0v) is 14.7. The Morgan fingerprint density at radius 1 is 1.12 bits per heavy atom. The van der Waals surface area contributed by atoms with Gasteiger partial charge in [-0.05, 0) is 50.1 Å². The molecule has 3 rings (SSSR count). The Bertz CT molecular complexity index is 771. The number of carbonyl (C=O) groups excluding carboxylic acids is 2. The van der Waals surface area contributed by atoms with Crippen LogP contribution in [-0.2, 0) is 4.74 Å². The first-order chi connectivity index (χ1) is 12.7. The van der Waals surface area contributed by atoms with E-state index in [2.05, 4.69) is 20.5 Å². The number of nitrogens with one attached hydrogen (secondary N) is 2. The van der Waals surface area contributed by atoms with Crippen LogP contribution in [-0.4, -0.2) is 36.7 Å². The van der Waals surface area contributed by atoms with Crippen molar-refractivity contribution in [2.75, 3.05) is 35.2 Å². The van der Waals surface area contributed by atoms with Crippen LogP contribution in [0.1, 0.15) is 30.1 Å². The average Bonchev–Trinajstić information content (AvgIpc) is 3.17. The van der Waals surface area contributed by atoms with Crippen LogP contribution in [0, 0.1) is 0 Å². The van der Waals surface area contributed by atoms with Gasteiger partial charge in [-0.1, -0.05) is 6.07 Å². The summed E-state index contributed by atoms with van der Waals surface area (Å²) in [5.74, 6) is 0.661. The lowest BCUT2D eigenvalue weighted by atomic mass is 10.2. The smallest absolute Gasteiger partial charge is 0.411 e. The van der Waals surface area contributed by atoms with Gasteiger partial charge in [-0.2, -0.15) is 0 Å². The van der Waals surface area contributed by atoms with Gasteiger partial charge in [-0.15, -0.1) is 0 Å². The Balaban J connectivity index is 1.63. The number of carbonyl (C=O) groups is 2. The van der Waals surface area contributed by atoms with E-state index < -0.39 is 6.09 Å². The number of aromatic nitrogens is 1. The Labute approximate surface area is 152 Å². The third-order valence-corrected chi connectivity index (χ3v) is 4.08. The second-order valence-electron chi connectivity index (χ2n) is 5.98. The van der Waals surface area contributed by atoms with Crippen LogP contribution in [0.15, 0.2) is 42.6 Å². The average molecular weight is 354 g/mol. The quantitative estimate of drug-likeness (QED) is 0.858. The van der Waals surface area contributed by atoms with Gasteiger partial charge in [0.1, 0.15) is 5.82 Å². The summed E-state index contributed by atoms with van der Waals surface area (Å²) in [7, 11) is 0. The highest BCUT2D eigenvalue weighted by molar-refractivity contribution is 6.05. The molecule has 1 aromatic heterocycles. The molecule has 2 aromatic rings. The highest BCUT2D eigenvalue weighted by atomic mass is 16.5. The number of hydrogen-bond acceptors (Lipinski definition) is 5. The molecule has 1 aliphatic heterocycles. The third kappa shape index (κ3) is 4.50. The molecule has 7 heteroatoms. The van der Waals surface area contributed by atoms with Crippen LogP contribution < -0.4 is 15.5 Å². The van der Waals surface area contributed by atoms with Crippen molar-refractivity contribution in [3.05, 3.63) is 48.2 Å². The van der Waals surface area contributed by atoms with Gasteiger partial charge in [0.25, 0.3) is 5.91 Å². The maximum Gasteiger partial charge on any atom is 0.411 e. The number of hydrogen-bond donors (Lipinski definition) is 2. The summed E-state index contributed by atoms with van der Waals surface area (Å²) in [6.45, 7) is 4.07. The van der Waals surface area contributed by atoms with Crippen LogP contribution in [0.3, 0.4) is 0 Å². The first-order valence-electron chi connectivity index (χ1n) is 8.72. The summed E-state index contributed by atoms with van der Waals surface area (Å²) in [5, 5.41) is 5.40. The third-order valence-electron chi connectivity index (χ3n) is 4.08. The van der Waals surface area contributed by atoms with E-state index in [0.29, 0.717) is 16.9 Å². The number of rotatable bonds is 5. The normalized spacial score (nSPS) is 13.3. The first kappa shape index (κ1) is 17.7. The molecule has 1 saturated heterocycles. The molecule has 26 heavy (non-hydrogen) atoms. The van der Waals surface area contributed by atoms with Gasteiger partial charge in [0.15, 0.2) is 0 Å². The highest BCUT2D eigenvalue weighted by Crippen LogP contribution is 2.20. The SMILES string of the molecule is CCOC(=O)Nc1cccc(C(=O)Nc2ccc(N3CCCC3)nc2)c1. The van der Waals surface area contributed by atoms with Crippen molar-refractivity contribution in [1.29, 1.82) is 0 Å². The molecule has 136 valence electrons. The van der Waals surface area contributed by atoms with Gasteiger partial charge in [-0.25, -0.2) is 9.78 Å². The fourth-order valence-electron chi connectivity index (χ4n) is 2.82. The van der Waals surface area contributed by atoms with Gasteiger partial charge in [0, 0.05) is 24.3 Å². The first-order valence-corrected chi connectivity index (χ1v) is 8.72. The summed E-state index contributed by atoms with van der Waals surface area (Å²) >= 11 is 0. The minimum Gasteiger partial charge on any atom is -0.450 e. The number of pyridine rings is 1. The van der Waals surface area contributed by atoms with Crippen LogP contribution in [0.5, 0.6) is 0 Å². The van der Waals surface area contributed by atoms with Crippen LogP contribution >= 0.6 is 0 Å². The van der Waals surface area contributed by atoms with Crippen LogP contribution in [0.2, 0.25) is 0 Å². The maximum absolute atomic E-state index is 12.4. The van der Waals surface area contributed by atoms with Gasteiger partial charge in [-0.3, -0.25) is 10.1 Å². The van der Waals surface area contributed by atoms with Crippen molar-refractivity contribution in [2.45, 2.75) is 19.8 Å². The van der Waals surface area contributed by atoms with Crippen LogP contribution in [0.25, 0.3) is 0 Å². The second kappa shape index (κ2) is 8.33. The summed E-state index contributed by atoms with van der Waals surface area (Å²) in [6, 6.07) is 10.4. The van der Waals surface area contributed by atoms with E-state index in [1.165, 1.54) is 12.8 Å². The Morgan fingerprint density at radius 3 is 2.62 bits per heavy atom. The van der Waals surface area contributed by atoms with E-state index in [9.17, 15) is 9.59 Å². The fourth-order valence-corrected chi connectivity index (χ4v) is 2.82. The summed E-state index contributed by atoms with van der Waals surface area (Å²) in [4.78, 5) is 30.6. The Morgan fingerprint density at radius 2 is 1.92 bits per heavy atom. The van der Waals surface area contributed by atoms with E-state index in [1.54, 1.807) is 37.4 Å². The predicted molar refractivity (Wildman–Crippen MR) is 101 cm³/mol. The van der Waals surface area contributed by atoms with Gasteiger partial charge in [0.05, 0.1) is 18.5 Å². The molecule has 0 aliphatic carbocycles. The summed E-state index contributed by atoms with van der Waals surface area (Å²) in [5.41, 5.74) is 1.56. The minimum atomic E-state index is -0.549. The lowest BCUT2D eigenvalue weighted by Gasteiger charge is -2.16. The van der Waals surface area contributed by atoms with Gasteiger partial charge >= 0.3 is 6.09 Å². The summed E-state index contributed by atoms with van der Waals surface area (Å²) in [6.07, 6.45) is 3.49. The molecule has 0 spiro atoms. The highest BCUT2D eigenvalue weighted by Gasteiger charge is 2.14. The lowest BCUT2D eigenvalue weighted by molar-refractivity contribution is 0.102. The van der Waals surface area contributed by atoms with E-state index in [-0.39, 0.29) is 12.5 Å². The molecule has 2 heterocycles. The molecule has 7 nitrogen and oxygen atoms in total. The zero-order valence-electron chi connectivity index (χ0n) is 14.7. The Hall–Kier alpha value is -3.09. The lowest BCUT2D eigenvalue weighted by Crippen LogP contribution is -2.19. The Kier molecular flexibility index (Phi) is 5.68. The number of benzene rings is 1. The molecule has 1 aromatic carbocycles. The molecule has 1 fully saturated rings. The number of ether oxygens (including phenoxy) is 1. The predicted octanol–water partition coefficient (Wildman–Crippen LogP) is 3.50. The van der Waals surface area contributed by atoms with Crippen molar-refractivity contribution in [2.24, 2.45) is 0 Å². The van der Waals surface area contributed by atoms with Crippen LogP contribution in [0.4, 0.5) is 22.0 Å². The molecule has 0 radical (unpaired) electrons. The summed E-state index contributed by atoms with van der Waals surface area (Å²) < 4.78 is 4.83. The standard InChI is InChI=1S/C19H22N4O3/c1-2-26-19(25)22-15-7-5-6-14(12-15)18(24)21-16-8-9-17(20-13-16)23-10-3-4-11-23/h5-9,12-13H,2-4,10-11H2,1H3,(H,21,24)(H,22,25). The molecular weight excluding hydrogens is 332 g/mol. The largest absolute Gasteiger partial charge is 0.450 e.